The largest absolute Gasteiger partial charge is 0.481 e. The molecule has 0 saturated heterocycles. The van der Waals surface area contributed by atoms with Gasteiger partial charge in [0.1, 0.15) is 6.04 Å². The second kappa shape index (κ2) is 30.3. The lowest BCUT2D eigenvalue weighted by Gasteiger charge is -2.17. The quantitative estimate of drug-likeness (QED) is 0.0380. The van der Waals surface area contributed by atoms with Gasteiger partial charge < -0.3 is 55.7 Å². The van der Waals surface area contributed by atoms with Gasteiger partial charge in [0, 0.05) is 24.3 Å². The van der Waals surface area contributed by atoms with Gasteiger partial charge in [-0.1, -0.05) is 27.2 Å². The van der Waals surface area contributed by atoms with Crippen molar-refractivity contribution in [2.45, 2.75) is 51.3 Å². The standard InChI is InChI=1S/C24H47N5O10S.C2H6/c1-2-3-5-35-7-9-37-11-13-39-14-12-38-10-8-36-6-4-29(27)17-19(25)16-28-23(32)21(15-22(30)31)40-18-20(26)24(33)34;1-2/h17,20-21H,2-16,18,25-27H2,1H3,(H,28,32)(H,30,31)(H,33,34);1-2H3/b19-17-;. The van der Waals surface area contributed by atoms with Crippen LogP contribution in [0.5, 0.6) is 0 Å². The fourth-order valence-corrected chi connectivity index (χ4v) is 3.78. The van der Waals surface area contributed by atoms with Crippen LogP contribution in [-0.2, 0) is 38.1 Å². The first-order valence-electron chi connectivity index (χ1n) is 14.1. The van der Waals surface area contributed by atoms with Crippen molar-refractivity contribution in [3.8, 4) is 0 Å². The van der Waals surface area contributed by atoms with Crippen LogP contribution in [0.1, 0.15) is 40.0 Å². The Morgan fingerprint density at radius 2 is 1.36 bits per heavy atom. The molecule has 0 spiro atoms. The predicted molar refractivity (Wildman–Crippen MR) is 161 cm³/mol. The normalized spacial score (nSPS) is 12.6. The summed E-state index contributed by atoms with van der Waals surface area (Å²) >= 11 is 0.852. The molecule has 248 valence electrons. The number of nitrogens with one attached hydrogen (secondary N) is 1. The molecule has 0 aromatic heterocycles. The van der Waals surface area contributed by atoms with Gasteiger partial charge in [0.2, 0.25) is 5.91 Å². The van der Waals surface area contributed by atoms with Gasteiger partial charge in [-0.3, -0.25) is 14.4 Å². The van der Waals surface area contributed by atoms with Crippen molar-refractivity contribution in [3.05, 3.63) is 11.9 Å². The summed E-state index contributed by atoms with van der Waals surface area (Å²) in [5.74, 6) is 2.69. The highest BCUT2D eigenvalue weighted by Gasteiger charge is 2.24. The van der Waals surface area contributed by atoms with Crippen LogP contribution in [0, 0.1) is 0 Å². The van der Waals surface area contributed by atoms with Crippen molar-refractivity contribution in [1.29, 1.82) is 0 Å². The molecule has 0 aromatic carbocycles. The predicted octanol–water partition coefficient (Wildman–Crippen LogP) is -0.0239. The van der Waals surface area contributed by atoms with E-state index in [4.69, 9.17) is 51.2 Å². The van der Waals surface area contributed by atoms with Crippen molar-refractivity contribution in [3.63, 3.8) is 0 Å². The van der Waals surface area contributed by atoms with Gasteiger partial charge in [-0.25, -0.2) is 5.84 Å². The molecule has 15 nitrogen and oxygen atoms in total. The number of ether oxygens (including phenoxy) is 5. The van der Waals surface area contributed by atoms with Gasteiger partial charge >= 0.3 is 11.9 Å². The first kappa shape index (κ1) is 42.0. The number of carbonyl (C=O) groups excluding carboxylic acids is 1. The number of rotatable bonds is 28. The molecule has 0 saturated carbocycles. The van der Waals surface area contributed by atoms with E-state index in [0.29, 0.717) is 66.0 Å². The SMILES string of the molecule is CC.CCCCOCCOCCOCCOCCOCCN(N)/C=C(\N)CNC(=O)C(CC(=O)O)SCC(N)C(=O)O. The molecule has 0 aliphatic rings. The maximum absolute atomic E-state index is 12.3. The molecule has 0 heterocycles. The molecular weight excluding hydrogens is 574 g/mol. The Morgan fingerprint density at radius 1 is 0.881 bits per heavy atom. The molecule has 42 heavy (non-hydrogen) atoms. The Morgan fingerprint density at radius 3 is 1.81 bits per heavy atom. The summed E-state index contributed by atoms with van der Waals surface area (Å²) in [6.45, 7) is 11.3. The highest BCUT2D eigenvalue weighted by atomic mass is 32.2. The average Bonchev–Trinajstić information content (AvgIpc) is 2.96. The van der Waals surface area contributed by atoms with Crippen molar-refractivity contribution < 1.29 is 48.3 Å². The number of carboxylic acid groups (broad SMARTS) is 2. The first-order valence-corrected chi connectivity index (χ1v) is 15.2. The molecule has 9 N–H and O–H groups in total. The molecular formula is C26H53N5O10S. The number of aliphatic carboxylic acids is 2. The monoisotopic (exact) mass is 627 g/mol. The van der Waals surface area contributed by atoms with E-state index in [2.05, 4.69) is 12.2 Å². The van der Waals surface area contributed by atoms with Gasteiger partial charge in [0.05, 0.1) is 84.2 Å². The zero-order valence-corrected chi connectivity index (χ0v) is 26.1. The summed E-state index contributed by atoms with van der Waals surface area (Å²) in [6.07, 6.45) is 3.10. The summed E-state index contributed by atoms with van der Waals surface area (Å²) in [5, 5.41) is 20.6. The molecule has 0 aliphatic heterocycles. The van der Waals surface area contributed by atoms with Gasteiger partial charge in [-0.15, -0.1) is 11.8 Å². The lowest BCUT2D eigenvalue weighted by atomic mass is 10.3. The van der Waals surface area contributed by atoms with Gasteiger partial charge in [0.15, 0.2) is 0 Å². The number of nitrogens with two attached hydrogens (primary N) is 3. The van der Waals surface area contributed by atoms with Crippen LogP contribution in [0.25, 0.3) is 0 Å². The molecule has 2 atom stereocenters. The molecule has 0 radical (unpaired) electrons. The number of hydrazine groups is 1. The zero-order valence-electron chi connectivity index (χ0n) is 25.3. The third-order valence-corrected chi connectivity index (χ3v) is 6.20. The van der Waals surface area contributed by atoms with Crippen LogP contribution in [-0.4, -0.2) is 129 Å². The molecule has 2 unspecified atom stereocenters. The van der Waals surface area contributed by atoms with Crippen LogP contribution >= 0.6 is 11.8 Å². The second-order valence-electron chi connectivity index (χ2n) is 8.44. The topological polar surface area (TPSA) is 231 Å². The van der Waals surface area contributed by atoms with Gasteiger partial charge in [0.25, 0.3) is 0 Å². The van der Waals surface area contributed by atoms with E-state index in [1.54, 1.807) is 0 Å². The van der Waals surface area contributed by atoms with Crippen molar-refractivity contribution in [2.75, 3.05) is 84.9 Å². The summed E-state index contributed by atoms with van der Waals surface area (Å²) in [5.41, 5.74) is 11.5. The van der Waals surface area contributed by atoms with E-state index in [1.807, 2.05) is 13.8 Å². The van der Waals surface area contributed by atoms with Crippen molar-refractivity contribution >= 4 is 29.6 Å². The number of nitrogens with zero attached hydrogens (tertiary/aromatic N) is 1. The summed E-state index contributed by atoms with van der Waals surface area (Å²) in [4.78, 5) is 34.2. The lowest BCUT2D eigenvalue weighted by Crippen LogP contribution is -2.39. The molecule has 16 heteroatoms. The lowest BCUT2D eigenvalue weighted by molar-refractivity contribution is -0.138. The Balaban J connectivity index is 0. The number of unbranched alkanes of at least 4 members (excludes halogenated alkanes) is 1. The maximum atomic E-state index is 12.3. The van der Waals surface area contributed by atoms with E-state index in [9.17, 15) is 14.4 Å². The minimum absolute atomic E-state index is 0.0788. The first-order chi connectivity index (χ1) is 20.2. The summed E-state index contributed by atoms with van der Waals surface area (Å²) in [6, 6.07) is -1.21. The van der Waals surface area contributed by atoms with Gasteiger partial charge in [-0.05, 0) is 6.42 Å². The van der Waals surface area contributed by atoms with Crippen molar-refractivity contribution in [2.24, 2.45) is 17.3 Å². The number of thioether (sulfide) groups is 1. The fourth-order valence-electron chi connectivity index (χ4n) is 2.70. The summed E-state index contributed by atoms with van der Waals surface area (Å²) < 4.78 is 27.1. The van der Waals surface area contributed by atoms with Crippen LogP contribution in [0.4, 0.5) is 0 Å². The van der Waals surface area contributed by atoms with E-state index >= 15 is 0 Å². The fraction of sp³-hybridized carbons (Fsp3) is 0.808. The van der Waals surface area contributed by atoms with E-state index in [1.165, 1.54) is 11.2 Å². The number of amides is 1. The van der Waals surface area contributed by atoms with Crippen LogP contribution in [0.2, 0.25) is 0 Å². The van der Waals surface area contributed by atoms with Crippen LogP contribution in [0.15, 0.2) is 11.9 Å². The smallest absolute Gasteiger partial charge is 0.321 e. The third-order valence-electron chi connectivity index (χ3n) is 4.87. The number of carbonyl (C=O) groups is 3. The Hall–Kier alpha value is -2.18. The van der Waals surface area contributed by atoms with Crippen molar-refractivity contribution in [1.82, 2.24) is 10.3 Å². The number of hydrogen-bond donors (Lipinski definition) is 6. The molecule has 0 bridgehead atoms. The van der Waals surface area contributed by atoms with E-state index < -0.39 is 35.6 Å². The Bertz CT molecular complexity index is 721. The highest BCUT2D eigenvalue weighted by molar-refractivity contribution is 8.00. The number of carboxylic acids is 2. The maximum Gasteiger partial charge on any atom is 0.321 e. The third kappa shape index (κ3) is 28.0. The molecule has 1 amide bonds. The highest BCUT2D eigenvalue weighted by Crippen LogP contribution is 2.16. The van der Waals surface area contributed by atoms with E-state index in [-0.39, 0.29) is 18.0 Å². The molecule has 0 fully saturated rings. The number of hydrogen-bond acceptors (Lipinski definition) is 13. The van der Waals surface area contributed by atoms with E-state index in [0.717, 1.165) is 31.2 Å². The Kier molecular flexibility index (Phi) is 30.2. The molecule has 0 aromatic rings. The molecule has 0 rings (SSSR count). The minimum Gasteiger partial charge on any atom is -0.481 e. The van der Waals surface area contributed by atoms with Gasteiger partial charge in [-0.2, -0.15) is 0 Å². The minimum atomic E-state index is -1.24. The molecule has 0 aliphatic carbocycles. The van der Waals surface area contributed by atoms with Crippen LogP contribution < -0.4 is 22.6 Å². The average molecular weight is 628 g/mol. The summed E-state index contributed by atoms with van der Waals surface area (Å²) in [7, 11) is 0. The zero-order chi connectivity index (χ0) is 32.0. The Labute approximate surface area is 253 Å². The van der Waals surface area contributed by atoms with Crippen LogP contribution in [0.3, 0.4) is 0 Å². The second-order valence-corrected chi connectivity index (χ2v) is 9.68.